The molecule has 7 nitrogen and oxygen atoms in total. The maximum atomic E-state index is 5.57. The Hall–Kier alpha value is -1.78. The molecule has 1 aliphatic rings. The lowest BCUT2D eigenvalue weighted by molar-refractivity contribution is 0.0170. The van der Waals surface area contributed by atoms with Gasteiger partial charge in [0.1, 0.15) is 11.5 Å². The Morgan fingerprint density at radius 2 is 1.88 bits per heavy atom. The second-order valence-electron chi connectivity index (χ2n) is 8.16. The number of morpholine rings is 1. The van der Waals surface area contributed by atoms with E-state index in [1.165, 1.54) is 5.56 Å². The summed E-state index contributed by atoms with van der Waals surface area (Å²) in [4.78, 5) is 7.25. The summed E-state index contributed by atoms with van der Waals surface area (Å²) in [6.45, 7) is 10.0. The second kappa shape index (κ2) is 14.4. The molecule has 1 saturated heterocycles. The standard InChI is InChI=1S/C24H36N4O3.HI/c1-19(2)17-26-24(25-11-10-22-5-4-14-31-22)27-18-23(28-12-15-30-16-13-28)20-6-8-21(29-3)9-7-20;/h4-9,14,19,23H,10-13,15-18H2,1-3H3,(H2,25,26,27);1H. The van der Waals surface area contributed by atoms with Gasteiger partial charge in [-0.25, -0.2) is 0 Å². The number of methoxy groups -OCH3 is 1. The van der Waals surface area contributed by atoms with Gasteiger partial charge in [-0.1, -0.05) is 26.0 Å². The lowest BCUT2D eigenvalue weighted by atomic mass is 10.0. The highest BCUT2D eigenvalue weighted by atomic mass is 127. The topological polar surface area (TPSA) is 71.3 Å². The van der Waals surface area contributed by atoms with Crippen molar-refractivity contribution < 1.29 is 13.9 Å². The highest BCUT2D eigenvalue weighted by molar-refractivity contribution is 14.0. The van der Waals surface area contributed by atoms with Crippen molar-refractivity contribution in [3.05, 3.63) is 54.0 Å². The van der Waals surface area contributed by atoms with Gasteiger partial charge in [-0.05, 0) is 35.7 Å². The summed E-state index contributed by atoms with van der Waals surface area (Å²) in [6, 6.07) is 12.5. The zero-order chi connectivity index (χ0) is 21.9. The van der Waals surface area contributed by atoms with Gasteiger partial charge in [-0.15, -0.1) is 24.0 Å². The second-order valence-corrected chi connectivity index (χ2v) is 8.16. The zero-order valence-corrected chi connectivity index (χ0v) is 21.7. The van der Waals surface area contributed by atoms with Crippen molar-refractivity contribution >= 4 is 29.9 Å². The maximum absolute atomic E-state index is 5.57. The Kier molecular flexibility index (Phi) is 11.9. The first-order valence-corrected chi connectivity index (χ1v) is 11.2. The van der Waals surface area contributed by atoms with Crippen molar-refractivity contribution in [2.75, 3.05) is 53.0 Å². The van der Waals surface area contributed by atoms with Crippen LogP contribution in [-0.2, 0) is 11.2 Å². The van der Waals surface area contributed by atoms with Crippen LogP contribution in [0.1, 0.15) is 31.2 Å². The monoisotopic (exact) mass is 556 g/mol. The van der Waals surface area contributed by atoms with E-state index in [1.807, 2.05) is 24.3 Å². The molecular formula is C24H37IN4O3. The molecule has 0 saturated carbocycles. The van der Waals surface area contributed by atoms with Crippen molar-refractivity contribution in [2.45, 2.75) is 26.3 Å². The molecule has 2 N–H and O–H groups in total. The van der Waals surface area contributed by atoms with Gasteiger partial charge in [-0.2, -0.15) is 0 Å². The van der Waals surface area contributed by atoms with Crippen LogP contribution < -0.4 is 15.4 Å². The zero-order valence-electron chi connectivity index (χ0n) is 19.4. The minimum atomic E-state index is 0. The SMILES string of the molecule is COc1ccc(C(CNC(=NCC(C)C)NCCc2ccco2)N2CCOCC2)cc1.I. The number of nitrogens with one attached hydrogen (secondary N) is 2. The first-order chi connectivity index (χ1) is 15.2. The van der Waals surface area contributed by atoms with Gasteiger partial charge in [0.05, 0.1) is 32.6 Å². The molecular weight excluding hydrogens is 519 g/mol. The van der Waals surface area contributed by atoms with E-state index in [0.29, 0.717) is 5.92 Å². The number of halogens is 1. The summed E-state index contributed by atoms with van der Waals surface area (Å²) >= 11 is 0. The average Bonchev–Trinajstić information content (AvgIpc) is 3.31. The molecule has 1 aliphatic heterocycles. The lowest BCUT2D eigenvalue weighted by Gasteiger charge is -2.35. The fourth-order valence-corrected chi connectivity index (χ4v) is 3.57. The number of ether oxygens (including phenoxy) is 2. The van der Waals surface area contributed by atoms with E-state index in [4.69, 9.17) is 18.9 Å². The van der Waals surface area contributed by atoms with Gasteiger partial charge in [0, 0.05) is 39.1 Å². The minimum absolute atomic E-state index is 0. The maximum Gasteiger partial charge on any atom is 0.191 e. The van der Waals surface area contributed by atoms with E-state index in [9.17, 15) is 0 Å². The van der Waals surface area contributed by atoms with Crippen LogP contribution >= 0.6 is 24.0 Å². The van der Waals surface area contributed by atoms with Crippen LogP contribution in [0.2, 0.25) is 0 Å². The van der Waals surface area contributed by atoms with Gasteiger partial charge in [0.25, 0.3) is 0 Å². The van der Waals surface area contributed by atoms with Gasteiger partial charge in [0.2, 0.25) is 0 Å². The molecule has 1 aromatic heterocycles. The number of rotatable bonds is 10. The summed E-state index contributed by atoms with van der Waals surface area (Å²) in [5.41, 5.74) is 1.26. The normalized spacial score (nSPS) is 15.8. The molecule has 178 valence electrons. The average molecular weight is 556 g/mol. The van der Waals surface area contributed by atoms with E-state index in [2.05, 4.69) is 41.5 Å². The molecule has 0 bridgehead atoms. The fourth-order valence-electron chi connectivity index (χ4n) is 3.57. The summed E-state index contributed by atoms with van der Waals surface area (Å²) in [5.74, 6) is 3.18. The Morgan fingerprint density at radius 1 is 1.12 bits per heavy atom. The van der Waals surface area contributed by atoms with Crippen LogP contribution in [0.4, 0.5) is 0 Å². The molecule has 8 heteroatoms. The number of aliphatic imine (C=N–C) groups is 1. The van der Waals surface area contributed by atoms with E-state index < -0.39 is 0 Å². The molecule has 1 aromatic carbocycles. The quantitative estimate of drug-likeness (QED) is 0.264. The molecule has 2 aromatic rings. The Balaban J connectivity index is 0.00000363. The van der Waals surface area contributed by atoms with E-state index in [1.54, 1.807) is 13.4 Å². The van der Waals surface area contributed by atoms with Crippen molar-refractivity contribution in [1.29, 1.82) is 0 Å². The van der Waals surface area contributed by atoms with Crippen LogP contribution in [-0.4, -0.2) is 63.9 Å². The first-order valence-electron chi connectivity index (χ1n) is 11.2. The first kappa shape index (κ1) is 26.5. The highest BCUT2D eigenvalue weighted by Gasteiger charge is 2.23. The molecule has 2 heterocycles. The van der Waals surface area contributed by atoms with Gasteiger partial charge < -0.3 is 24.5 Å². The van der Waals surface area contributed by atoms with Crippen LogP contribution in [0.25, 0.3) is 0 Å². The molecule has 0 spiro atoms. The largest absolute Gasteiger partial charge is 0.497 e. The fraction of sp³-hybridized carbons (Fsp3) is 0.542. The van der Waals surface area contributed by atoms with Gasteiger partial charge in [-0.3, -0.25) is 9.89 Å². The Labute approximate surface area is 209 Å². The van der Waals surface area contributed by atoms with Crippen LogP contribution in [0.5, 0.6) is 5.75 Å². The predicted molar refractivity (Wildman–Crippen MR) is 139 cm³/mol. The molecule has 3 rings (SSSR count). The predicted octanol–water partition coefficient (Wildman–Crippen LogP) is 3.71. The van der Waals surface area contributed by atoms with Crippen molar-refractivity contribution in [1.82, 2.24) is 15.5 Å². The van der Waals surface area contributed by atoms with Crippen LogP contribution in [0, 0.1) is 5.92 Å². The third-order valence-electron chi connectivity index (χ3n) is 5.31. The van der Waals surface area contributed by atoms with Gasteiger partial charge in [0.15, 0.2) is 5.96 Å². The third kappa shape index (κ3) is 8.63. The molecule has 0 radical (unpaired) electrons. The van der Waals surface area contributed by atoms with E-state index in [-0.39, 0.29) is 30.0 Å². The molecule has 1 unspecified atom stereocenters. The van der Waals surface area contributed by atoms with Crippen LogP contribution in [0.15, 0.2) is 52.1 Å². The number of benzene rings is 1. The molecule has 32 heavy (non-hydrogen) atoms. The summed E-state index contributed by atoms with van der Waals surface area (Å²) in [6.07, 6.45) is 2.53. The summed E-state index contributed by atoms with van der Waals surface area (Å²) in [5, 5.41) is 7.03. The van der Waals surface area contributed by atoms with Crippen molar-refractivity contribution in [3.63, 3.8) is 0 Å². The number of hydrogen-bond acceptors (Lipinski definition) is 5. The molecule has 0 amide bonds. The Bertz CT molecular complexity index is 775. The van der Waals surface area contributed by atoms with Crippen molar-refractivity contribution in [2.24, 2.45) is 10.9 Å². The van der Waals surface area contributed by atoms with E-state index >= 15 is 0 Å². The van der Waals surface area contributed by atoms with Crippen molar-refractivity contribution in [3.8, 4) is 5.75 Å². The number of nitrogens with zero attached hydrogens (tertiary/aromatic N) is 2. The molecule has 1 fully saturated rings. The minimum Gasteiger partial charge on any atom is -0.497 e. The third-order valence-corrected chi connectivity index (χ3v) is 5.31. The molecule has 1 atom stereocenters. The highest BCUT2D eigenvalue weighted by Crippen LogP contribution is 2.23. The lowest BCUT2D eigenvalue weighted by Crippen LogP contribution is -2.46. The van der Waals surface area contributed by atoms with Gasteiger partial charge >= 0.3 is 0 Å². The number of furan rings is 1. The van der Waals surface area contributed by atoms with E-state index in [0.717, 1.165) is 69.8 Å². The molecule has 0 aliphatic carbocycles. The summed E-state index contributed by atoms with van der Waals surface area (Å²) < 4.78 is 16.3. The number of guanidine groups is 1. The number of hydrogen-bond donors (Lipinski definition) is 2. The smallest absolute Gasteiger partial charge is 0.191 e. The van der Waals surface area contributed by atoms with Crippen LogP contribution in [0.3, 0.4) is 0 Å². The Morgan fingerprint density at radius 3 is 2.50 bits per heavy atom. The summed E-state index contributed by atoms with van der Waals surface area (Å²) in [7, 11) is 1.70.